The number of benzene rings is 1. The lowest BCUT2D eigenvalue weighted by Crippen LogP contribution is -2.07. The second kappa shape index (κ2) is 5.85. The van der Waals surface area contributed by atoms with E-state index < -0.39 is 0 Å². The number of hydrogen-bond donors (Lipinski definition) is 1. The van der Waals surface area contributed by atoms with Crippen LogP contribution in [0.3, 0.4) is 0 Å². The number of aromatic nitrogens is 2. The molecule has 3 nitrogen and oxygen atoms in total. The number of aryl methyl sites for hydroxylation is 1. The zero-order valence-electron chi connectivity index (χ0n) is 11.2. The molecule has 0 unspecified atom stereocenters. The van der Waals surface area contributed by atoms with Crippen molar-refractivity contribution in [2.24, 2.45) is 5.92 Å². The predicted molar refractivity (Wildman–Crippen MR) is 81.5 cm³/mol. The van der Waals surface area contributed by atoms with Crippen LogP contribution < -0.4 is 5.32 Å². The summed E-state index contributed by atoms with van der Waals surface area (Å²) in [7, 11) is 0. The van der Waals surface area contributed by atoms with Gasteiger partial charge in [0.1, 0.15) is 0 Å². The molecular weight excluding hydrogens is 281 g/mol. The minimum Gasteiger partial charge on any atom is -0.326 e. The van der Waals surface area contributed by atoms with Crippen LogP contribution in [-0.2, 0) is 6.54 Å². The van der Waals surface area contributed by atoms with Crippen molar-refractivity contribution in [3.05, 3.63) is 40.1 Å². The maximum absolute atomic E-state index is 5.99. The van der Waals surface area contributed by atoms with Gasteiger partial charge in [-0.2, -0.15) is 0 Å². The SMILES string of the molecule is Cc1cn(CC(C)C)c(Nc2cc(Cl)cc(Cl)c2)n1. The molecule has 1 N–H and O–H groups in total. The fourth-order valence-electron chi connectivity index (χ4n) is 1.93. The molecule has 0 fully saturated rings. The molecule has 1 aromatic heterocycles. The van der Waals surface area contributed by atoms with Crippen molar-refractivity contribution in [3.8, 4) is 0 Å². The molecular formula is C14H17Cl2N3. The molecule has 2 rings (SSSR count). The normalized spacial score (nSPS) is 11.1. The summed E-state index contributed by atoms with van der Waals surface area (Å²) in [6.07, 6.45) is 2.04. The van der Waals surface area contributed by atoms with Crippen LogP contribution in [0.5, 0.6) is 0 Å². The molecule has 0 saturated carbocycles. The van der Waals surface area contributed by atoms with Gasteiger partial charge in [0.05, 0.1) is 5.69 Å². The van der Waals surface area contributed by atoms with Crippen molar-refractivity contribution in [2.45, 2.75) is 27.3 Å². The molecule has 0 aliphatic rings. The molecule has 19 heavy (non-hydrogen) atoms. The van der Waals surface area contributed by atoms with Crippen molar-refractivity contribution in [1.82, 2.24) is 9.55 Å². The molecule has 0 aliphatic heterocycles. The van der Waals surface area contributed by atoms with Crippen LogP contribution >= 0.6 is 23.2 Å². The van der Waals surface area contributed by atoms with E-state index >= 15 is 0 Å². The Hall–Kier alpha value is -1.19. The topological polar surface area (TPSA) is 29.9 Å². The Morgan fingerprint density at radius 3 is 2.42 bits per heavy atom. The molecule has 0 spiro atoms. The highest BCUT2D eigenvalue weighted by molar-refractivity contribution is 6.35. The quantitative estimate of drug-likeness (QED) is 0.870. The van der Waals surface area contributed by atoms with E-state index in [-0.39, 0.29) is 0 Å². The molecule has 0 aliphatic carbocycles. The van der Waals surface area contributed by atoms with Crippen LogP contribution in [0.1, 0.15) is 19.5 Å². The molecule has 102 valence electrons. The van der Waals surface area contributed by atoms with E-state index in [1.807, 2.05) is 25.3 Å². The highest BCUT2D eigenvalue weighted by Gasteiger charge is 2.08. The Bertz CT molecular complexity index is 556. The third-order valence-corrected chi connectivity index (χ3v) is 3.01. The molecule has 1 heterocycles. The molecule has 2 aromatic rings. The lowest BCUT2D eigenvalue weighted by atomic mass is 10.2. The Balaban J connectivity index is 2.27. The average molecular weight is 298 g/mol. The van der Waals surface area contributed by atoms with E-state index in [9.17, 15) is 0 Å². The Labute approximate surface area is 123 Å². The van der Waals surface area contributed by atoms with Gasteiger partial charge in [-0.15, -0.1) is 0 Å². The summed E-state index contributed by atoms with van der Waals surface area (Å²) in [5.74, 6) is 1.36. The van der Waals surface area contributed by atoms with Gasteiger partial charge in [0.25, 0.3) is 0 Å². The number of hydrogen-bond acceptors (Lipinski definition) is 2. The first kappa shape index (κ1) is 14.2. The molecule has 5 heteroatoms. The Morgan fingerprint density at radius 1 is 1.21 bits per heavy atom. The highest BCUT2D eigenvalue weighted by atomic mass is 35.5. The first-order valence-electron chi connectivity index (χ1n) is 6.21. The van der Waals surface area contributed by atoms with Gasteiger partial charge < -0.3 is 9.88 Å². The van der Waals surface area contributed by atoms with Crippen molar-refractivity contribution < 1.29 is 0 Å². The zero-order valence-corrected chi connectivity index (χ0v) is 12.8. The van der Waals surface area contributed by atoms with Crippen LogP contribution in [0, 0.1) is 12.8 Å². The molecule has 1 aromatic carbocycles. The lowest BCUT2D eigenvalue weighted by Gasteiger charge is -2.12. The van der Waals surface area contributed by atoms with Crippen LogP contribution in [0.25, 0.3) is 0 Å². The molecule has 0 bridgehead atoms. The zero-order chi connectivity index (χ0) is 14.0. The Kier molecular flexibility index (Phi) is 4.38. The largest absolute Gasteiger partial charge is 0.326 e. The Morgan fingerprint density at radius 2 is 1.84 bits per heavy atom. The summed E-state index contributed by atoms with van der Waals surface area (Å²) >= 11 is 12.0. The van der Waals surface area contributed by atoms with Gasteiger partial charge in [-0.1, -0.05) is 37.0 Å². The van der Waals surface area contributed by atoms with Gasteiger partial charge in [0.15, 0.2) is 0 Å². The van der Waals surface area contributed by atoms with Crippen molar-refractivity contribution in [2.75, 3.05) is 5.32 Å². The lowest BCUT2D eigenvalue weighted by molar-refractivity contribution is 0.527. The van der Waals surface area contributed by atoms with E-state index in [4.69, 9.17) is 23.2 Å². The molecule has 0 radical (unpaired) electrons. The molecule has 0 saturated heterocycles. The second-order valence-corrected chi connectivity index (χ2v) is 5.91. The maximum Gasteiger partial charge on any atom is 0.207 e. The van der Waals surface area contributed by atoms with E-state index in [0.29, 0.717) is 16.0 Å². The third-order valence-electron chi connectivity index (χ3n) is 2.58. The molecule has 0 atom stereocenters. The summed E-state index contributed by atoms with van der Waals surface area (Å²) in [6.45, 7) is 7.25. The van der Waals surface area contributed by atoms with Crippen LogP contribution in [0.15, 0.2) is 24.4 Å². The number of rotatable bonds is 4. The summed E-state index contributed by atoms with van der Waals surface area (Å²) in [4.78, 5) is 4.48. The smallest absolute Gasteiger partial charge is 0.207 e. The van der Waals surface area contributed by atoms with Gasteiger partial charge >= 0.3 is 0 Å². The summed E-state index contributed by atoms with van der Waals surface area (Å²) < 4.78 is 2.11. The number of imidazole rings is 1. The van der Waals surface area contributed by atoms with Gasteiger partial charge in [-0.05, 0) is 31.0 Å². The predicted octanol–water partition coefficient (Wildman–Crippen LogP) is 4.90. The van der Waals surface area contributed by atoms with Crippen molar-refractivity contribution in [1.29, 1.82) is 0 Å². The number of anilines is 2. The number of halogens is 2. The minimum absolute atomic E-state index is 0.553. The van der Waals surface area contributed by atoms with Crippen molar-refractivity contribution >= 4 is 34.8 Å². The van der Waals surface area contributed by atoms with Crippen LogP contribution in [0.2, 0.25) is 10.0 Å². The van der Waals surface area contributed by atoms with E-state index in [1.54, 1.807) is 6.07 Å². The van der Waals surface area contributed by atoms with Crippen molar-refractivity contribution in [3.63, 3.8) is 0 Å². The summed E-state index contributed by atoms with van der Waals surface area (Å²) in [6, 6.07) is 5.37. The standard InChI is InChI=1S/C14H17Cl2N3/c1-9(2)7-19-8-10(3)17-14(19)18-13-5-11(15)4-12(16)6-13/h4-6,8-9H,7H2,1-3H3,(H,17,18). The fourth-order valence-corrected chi connectivity index (χ4v) is 2.46. The van der Waals surface area contributed by atoms with Gasteiger partial charge in [0, 0.05) is 28.5 Å². The van der Waals surface area contributed by atoms with E-state index in [2.05, 4.69) is 28.7 Å². The monoisotopic (exact) mass is 297 g/mol. The summed E-state index contributed by atoms with van der Waals surface area (Å²) in [5, 5.41) is 4.47. The second-order valence-electron chi connectivity index (χ2n) is 5.04. The number of nitrogens with one attached hydrogen (secondary N) is 1. The van der Waals surface area contributed by atoms with Crippen LogP contribution in [0.4, 0.5) is 11.6 Å². The number of nitrogens with zero attached hydrogens (tertiary/aromatic N) is 2. The minimum atomic E-state index is 0.553. The average Bonchev–Trinajstić information content (AvgIpc) is 2.56. The van der Waals surface area contributed by atoms with Gasteiger partial charge in [0.2, 0.25) is 5.95 Å². The third kappa shape index (κ3) is 3.88. The van der Waals surface area contributed by atoms with E-state index in [0.717, 1.165) is 23.9 Å². The highest BCUT2D eigenvalue weighted by Crippen LogP contribution is 2.25. The fraction of sp³-hybridized carbons (Fsp3) is 0.357. The summed E-state index contributed by atoms with van der Waals surface area (Å²) in [5.41, 5.74) is 1.82. The van der Waals surface area contributed by atoms with Gasteiger partial charge in [-0.25, -0.2) is 4.98 Å². The first-order chi connectivity index (χ1) is 8.94. The van der Waals surface area contributed by atoms with Crippen LogP contribution in [-0.4, -0.2) is 9.55 Å². The maximum atomic E-state index is 5.99. The van der Waals surface area contributed by atoms with E-state index in [1.165, 1.54) is 0 Å². The van der Waals surface area contributed by atoms with Gasteiger partial charge in [-0.3, -0.25) is 0 Å². The molecule has 0 amide bonds. The first-order valence-corrected chi connectivity index (χ1v) is 6.96.